The van der Waals surface area contributed by atoms with E-state index in [-0.39, 0.29) is 30.7 Å². The summed E-state index contributed by atoms with van der Waals surface area (Å²) < 4.78 is 0. The van der Waals surface area contributed by atoms with Crippen LogP contribution >= 0.6 is 24.8 Å². The van der Waals surface area contributed by atoms with E-state index in [4.69, 9.17) is 0 Å². The Hall–Kier alpha value is -0.0300. The van der Waals surface area contributed by atoms with Gasteiger partial charge in [0.05, 0.1) is 0 Å². The summed E-state index contributed by atoms with van der Waals surface area (Å²) in [5.74, 6) is 1.02. The molecule has 132 valence electrons. The van der Waals surface area contributed by atoms with E-state index in [1.807, 2.05) is 0 Å². The van der Waals surface area contributed by atoms with Gasteiger partial charge in [-0.05, 0) is 78.0 Å². The van der Waals surface area contributed by atoms with Crippen molar-refractivity contribution in [2.24, 2.45) is 5.92 Å². The normalized spacial score (nSPS) is 26.0. The van der Waals surface area contributed by atoms with Crippen molar-refractivity contribution in [2.75, 3.05) is 27.2 Å². The average molecular weight is 354 g/mol. The maximum Gasteiger partial charge on any atom is 0.220 e. The molecule has 0 aromatic rings. The summed E-state index contributed by atoms with van der Waals surface area (Å²) in [6, 6.07) is 1.04. The Kier molecular flexibility index (Phi) is 11.5. The molecule has 1 saturated carbocycles. The third kappa shape index (κ3) is 7.49. The molecule has 2 fully saturated rings. The Morgan fingerprint density at radius 1 is 1.14 bits per heavy atom. The Balaban J connectivity index is 0.00000220. The third-order valence-corrected chi connectivity index (χ3v) is 4.98. The van der Waals surface area contributed by atoms with Crippen LogP contribution in [-0.2, 0) is 4.79 Å². The maximum absolute atomic E-state index is 12.1. The molecule has 0 aromatic heterocycles. The van der Waals surface area contributed by atoms with E-state index in [0.29, 0.717) is 18.5 Å². The molecule has 6 heteroatoms. The smallest absolute Gasteiger partial charge is 0.220 e. The summed E-state index contributed by atoms with van der Waals surface area (Å²) in [6.07, 6.45) is 9.04. The monoisotopic (exact) mass is 353 g/mol. The van der Waals surface area contributed by atoms with Crippen LogP contribution in [0.5, 0.6) is 0 Å². The predicted octanol–water partition coefficient (Wildman–Crippen LogP) is 2.60. The first-order chi connectivity index (χ1) is 9.65. The summed E-state index contributed by atoms with van der Waals surface area (Å²) >= 11 is 0. The van der Waals surface area contributed by atoms with Gasteiger partial charge in [-0.3, -0.25) is 4.79 Å². The second kappa shape index (κ2) is 11.5. The van der Waals surface area contributed by atoms with Crippen molar-refractivity contribution >= 4 is 30.7 Å². The summed E-state index contributed by atoms with van der Waals surface area (Å²) in [7, 11) is 4.29. The molecule has 2 rings (SSSR count). The zero-order valence-corrected chi connectivity index (χ0v) is 15.6. The molecule has 2 aliphatic rings. The highest BCUT2D eigenvalue weighted by molar-refractivity contribution is 5.85. The lowest BCUT2D eigenvalue weighted by molar-refractivity contribution is -0.122. The van der Waals surface area contributed by atoms with E-state index < -0.39 is 0 Å². The van der Waals surface area contributed by atoms with Gasteiger partial charge >= 0.3 is 0 Å². The fraction of sp³-hybridized carbons (Fsp3) is 0.938. The molecule has 1 heterocycles. The van der Waals surface area contributed by atoms with Gasteiger partial charge in [0, 0.05) is 18.5 Å². The molecule has 4 nitrogen and oxygen atoms in total. The minimum absolute atomic E-state index is 0. The van der Waals surface area contributed by atoms with E-state index in [9.17, 15) is 4.79 Å². The lowest BCUT2D eigenvalue weighted by Gasteiger charge is -2.33. The van der Waals surface area contributed by atoms with Crippen molar-refractivity contribution in [2.45, 2.75) is 63.5 Å². The van der Waals surface area contributed by atoms with Crippen LogP contribution in [0.4, 0.5) is 0 Å². The van der Waals surface area contributed by atoms with Crippen molar-refractivity contribution in [1.29, 1.82) is 0 Å². The van der Waals surface area contributed by atoms with Crippen LogP contribution in [0.2, 0.25) is 0 Å². The largest absolute Gasteiger partial charge is 0.353 e. The van der Waals surface area contributed by atoms with Gasteiger partial charge in [0.2, 0.25) is 5.91 Å². The van der Waals surface area contributed by atoms with Gasteiger partial charge in [-0.2, -0.15) is 0 Å². The fourth-order valence-electron chi connectivity index (χ4n) is 3.57. The van der Waals surface area contributed by atoms with Gasteiger partial charge in [0.25, 0.3) is 0 Å². The van der Waals surface area contributed by atoms with Gasteiger partial charge in [-0.1, -0.05) is 0 Å². The molecule has 1 saturated heterocycles. The number of nitrogens with zero attached hydrogens (tertiary/aromatic N) is 1. The number of rotatable bonds is 5. The Labute approximate surface area is 148 Å². The Bertz CT molecular complexity index is 310. The lowest BCUT2D eigenvalue weighted by atomic mass is 9.89. The SMILES string of the molecule is CN(C)C1CCCC(NC(=O)CCC2CCNCC2)C1.Cl.Cl. The van der Waals surface area contributed by atoms with E-state index in [2.05, 4.69) is 29.6 Å². The molecule has 2 unspecified atom stereocenters. The van der Waals surface area contributed by atoms with Crippen molar-refractivity contribution < 1.29 is 4.79 Å². The average Bonchev–Trinajstić information content (AvgIpc) is 2.46. The topological polar surface area (TPSA) is 44.4 Å². The second-order valence-electron chi connectivity index (χ2n) is 6.78. The predicted molar refractivity (Wildman–Crippen MR) is 97.2 cm³/mol. The van der Waals surface area contributed by atoms with Crippen molar-refractivity contribution in [3.63, 3.8) is 0 Å². The molecule has 0 radical (unpaired) electrons. The van der Waals surface area contributed by atoms with Gasteiger partial charge in [0.1, 0.15) is 0 Å². The van der Waals surface area contributed by atoms with E-state index in [1.54, 1.807) is 0 Å². The van der Waals surface area contributed by atoms with Crippen molar-refractivity contribution in [1.82, 2.24) is 15.5 Å². The fourth-order valence-corrected chi connectivity index (χ4v) is 3.57. The van der Waals surface area contributed by atoms with Crippen LogP contribution in [-0.4, -0.2) is 50.1 Å². The summed E-state index contributed by atoms with van der Waals surface area (Å²) in [4.78, 5) is 14.4. The van der Waals surface area contributed by atoms with E-state index >= 15 is 0 Å². The zero-order valence-electron chi connectivity index (χ0n) is 14.0. The molecule has 0 bridgehead atoms. The van der Waals surface area contributed by atoms with Gasteiger partial charge < -0.3 is 15.5 Å². The highest BCUT2D eigenvalue weighted by Gasteiger charge is 2.24. The standard InChI is InChI=1S/C16H31N3O.2ClH/c1-19(2)15-5-3-4-14(12-15)18-16(20)7-6-13-8-10-17-11-9-13;;/h13-15,17H,3-12H2,1-2H3,(H,18,20);2*1H. The van der Waals surface area contributed by atoms with Crippen LogP contribution < -0.4 is 10.6 Å². The minimum atomic E-state index is 0. The quantitative estimate of drug-likeness (QED) is 0.798. The van der Waals surface area contributed by atoms with Crippen molar-refractivity contribution in [3.8, 4) is 0 Å². The number of hydrogen-bond donors (Lipinski definition) is 2. The first-order valence-corrected chi connectivity index (χ1v) is 8.31. The first kappa shape index (κ1) is 22.0. The summed E-state index contributed by atoms with van der Waals surface area (Å²) in [5, 5.41) is 6.64. The molecule has 2 N–H and O–H groups in total. The first-order valence-electron chi connectivity index (χ1n) is 8.31. The minimum Gasteiger partial charge on any atom is -0.353 e. The summed E-state index contributed by atoms with van der Waals surface area (Å²) in [5.41, 5.74) is 0. The van der Waals surface area contributed by atoms with Crippen LogP contribution in [0.25, 0.3) is 0 Å². The summed E-state index contributed by atoms with van der Waals surface area (Å²) in [6.45, 7) is 2.25. The highest BCUT2D eigenvalue weighted by atomic mass is 35.5. The number of hydrogen-bond acceptors (Lipinski definition) is 3. The van der Waals surface area contributed by atoms with Crippen LogP contribution in [0.1, 0.15) is 51.4 Å². The molecule has 1 aliphatic heterocycles. The van der Waals surface area contributed by atoms with E-state index in [1.165, 1.54) is 25.7 Å². The molecule has 1 amide bonds. The molecule has 0 spiro atoms. The van der Waals surface area contributed by atoms with Gasteiger partial charge in [0.15, 0.2) is 0 Å². The number of halogens is 2. The molecular weight excluding hydrogens is 321 g/mol. The number of carbonyl (C=O) groups is 1. The molecule has 1 aliphatic carbocycles. The molecule has 0 aromatic carbocycles. The third-order valence-electron chi connectivity index (χ3n) is 4.98. The number of piperidine rings is 1. The number of carbonyl (C=O) groups excluding carboxylic acids is 1. The van der Waals surface area contributed by atoms with Crippen molar-refractivity contribution in [3.05, 3.63) is 0 Å². The highest BCUT2D eigenvalue weighted by Crippen LogP contribution is 2.22. The van der Waals surface area contributed by atoms with Crippen LogP contribution in [0, 0.1) is 5.92 Å². The van der Waals surface area contributed by atoms with Crippen LogP contribution in [0.15, 0.2) is 0 Å². The Morgan fingerprint density at radius 2 is 1.82 bits per heavy atom. The zero-order chi connectivity index (χ0) is 14.4. The van der Waals surface area contributed by atoms with Gasteiger partial charge in [-0.25, -0.2) is 0 Å². The number of nitrogens with one attached hydrogen (secondary N) is 2. The molecular formula is C16H33Cl2N3O. The molecule has 2 atom stereocenters. The number of amides is 1. The van der Waals surface area contributed by atoms with Gasteiger partial charge in [-0.15, -0.1) is 24.8 Å². The maximum atomic E-state index is 12.1. The van der Waals surface area contributed by atoms with E-state index in [0.717, 1.165) is 38.3 Å². The molecule has 22 heavy (non-hydrogen) atoms. The van der Waals surface area contributed by atoms with Crippen LogP contribution in [0.3, 0.4) is 0 Å². The lowest BCUT2D eigenvalue weighted by Crippen LogP contribution is -2.43. The Morgan fingerprint density at radius 3 is 2.45 bits per heavy atom. The second-order valence-corrected chi connectivity index (χ2v) is 6.78.